The van der Waals surface area contributed by atoms with E-state index in [1.54, 1.807) is 17.8 Å². The fraction of sp³-hybridized carbons (Fsp3) is 0.462. The van der Waals surface area contributed by atoms with Crippen LogP contribution < -0.4 is 5.32 Å². The van der Waals surface area contributed by atoms with Crippen LogP contribution in [0.1, 0.15) is 24.6 Å². The molecule has 0 aliphatic carbocycles. The summed E-state index contributed by atoms with van der Waals surface area (Å²) < 4.78 is 3.25. The van der Waals surface area contributed by atoms with Gasteiger partial charge in [0.1, 0.15) is 11.9 Å². The van der Waals surface area contributed by atoms with Crippen molar-refractivity contribution in [3.05, 3.63) is 40.0 Å². The van der Waals surface area contributed by atoms with Crippen LogP contribution in [0.25, 0.3) is 0 Å². The van der Waals surface area contributed by atoms with E-state index in [1.807, 2.05) is 13.1 Å². The van der Waals surface area contributed by atoms with Gasteiger partial charge in [-0.2, -0.15) is 10.2 Å². The quantitative estimate of drug-likeness (QED) is 0.607. The van der Waals surface area contributed by atoms with Crippen LogP contribution >= 0.6 is 0 Å². The van der Waals surface area contributed by atoms with Gasteiger partial charge < -0.3 is 5.32 Å². The summed E-state index contributed by atoms with van der Waals surface area (Å²) >= 11 is 0. The maximum atomic E-state index is 11.8. The van der Waals surface area contributed by atoms with Crippen molar-refractivity contribution in [1.29, 1.82) is 0 Å². The first-order chi connectivity index (χ1) is 10.5. The van der Waals surface area contributed by atoms with Crippen LogP contribution in [0.2, 0.25) is 0 Å². The second-order valence-corrected chi connectivity index (χ2v) is 4.83. The average molecular weight is 306 g/mol. The summed E-state index contributed by atoms with van der Waals surface area (Å²) in [5.74, 6) is -0.137. The molecule has 0 aliphatic rings. The number of carbonyl (C=O) groups excluding carboxylic acids is 1. The second kappa shape index (κ2) is 6.83. The molecule has 2 rings (SSSR count). The maximum Gasteiger partial charge on any atom is 0.309 e. The van der Waals surface area contributed by atoms with Crippen LogP contribution in [-0.4, -0.2) is 30.4 Å². The normalized spacial score (nSPS) is 10.6. The zero-order valence-corrected chi connectivity index (χ0v) is 12.5. The van der Waals surface area contributed by atoms with Gasteiger partial charge >= 0.3 is 5.69 Å². The van der Waals surface area contributed by atoms with Crippen molar-refractivity contribution in [3.8, 4) is 0 Å². The first-order valence-electron chi connectivity index (χ1n) is 6.96. The lowest BCUT2D eigenvalue weighted by molar-refractivity contribution is -0.385. The minimum absolute atomic E-state index is 0.0348. The van der Waals surface area contributed by atoms with Crippen molar-refractivity contribution in [2.45, 2.75) is 39.9 Å². The molecule has 0 spiro atoms. The molecule has 0 aromatic carbocycles. The highest BCUT2D eigenvalue weighted by Gasteiger charge is 2.16. The molecule has 9 nitrogen and oxygen atoms in total. The van der Waals surface area contributed by atoms with E-state index in [1.165, 1.54) is 10.9 Å². The smallest absolute Gasteiger partial charge is 0.309 e. The molecule has 2 heterocycles. The number of amides is 1. The predicted molar refractivity (Wildman–Crippen MR) is 78.0 cm³/mol. The van der Waals surface area contributed by atoms with Gasteiger partial charge in [-0.15, -0.1) is 0 Å². The molecule has 0 saturated heterocycles. The van der Waals surface area contributed by atoms with Gasteiger partial charge in [-0.25, -0.2) is 0 Å². The van der Waals surface area contributed by atoms with Crippen LogP contribution in [-0.2, 0) is 24.4 Å². The van der Waals surface area contributed by atoms with Gasteiger partial charge in [-0.3, -0.25) is 24.3 Å². The molecule has 0 radical (unpaired) electrons. The molecule has 0 unspecified atom stereocenters. The van der Waals surface area contributed by atoms with E-state index < -0.39 is 4.92 Å². The van der Waals surface area contributed by atoms with E-state index in [0.29, 0.717) is 18.8 Å². The summed E-state index contributed by atoms with van der Waals surface area (Å²) in [6.07, 6.45) is 5.00. The highest BCUT2D eigenvalue weighted by atomic mass is 16.6. The molecular formula is C13H18N6O3. The number of aryl methyl sites for hydroxylation is 2. The first kappa shape index (κ1) is 15.7. The van der Waals surface area contributed by atoms with Crippen molar-refractivity contribution in [3.63, 3.8) is 0 Å². The van der Waals surface area contributed by atoms with Gasteiger partial charge in [-0.1, -0.05) is 0 Å². The van der Waals surface area contributed by atoms with Crippen molar-refractivity contribution >= 4 is 11.6 Å². The van der Waals surface area contributed by atoms with Gasteiger partial charge in [0.2, 0.25) is 5.91 Å². The summed E-state index contributed by atoms with van der Waals surface area (Å²) in [6, 6.07) is 0. The number of nitrogens with zero attached hydrogens (tertiary/aromatic N) is 5. The number of nitrogens with one attached hydrogen (secondary N) is 1. The largest absolute Gasteiger partial charge is 0.352 e. The van der Waals surface area contributed by atoms with E-state index in [9.17, 15) is 14.9 Å². The second-order valence-electron chi connectivity index (χ2n) is 4.83. The fourth-order valence-corrected chi connectivity index (χ4v) is 2.01. The Morgan fingerprint density at radius 2 is 2.18 bits per heavy atom. The lowest BCUT2D eigenvalue weighted by Gasteiger charge is -2.05. The molecule has 1 amide bonds. The molecule has 0 saturated carbocycles. The number of aromatic nitrogens is 4. The Morgan fingerprint density at radius 3 is 2.77 bits per heavy atom. The van der Waals surface area contributed by atoms with Gasteiger partial charge in [0, 0.05) is 31.3 Å². The Balaban J connectivity index is 1.81. The molecule has 2 aromatic heterocycles. The lowest BCUT2D eigenvalue weighted by Crippen LogP contribution is -2.24. The van der Waals surface area contributed by atoms with Gasteiger partial charge in [0.05, 0.1) is 17.7 Å². The van der Waals surface area contributed by atoms with Crippen molar-refractivity contribution < 1.29 is 9.72 Å². The maximum absolute atomic E-state index is 11.8. The monoisotopic (exact) mass is 306 g/mol. The molecule has 0 bridgehead atoms. The number of carbonyl (C=O) groups is 1. The Morgan fingerprint density at radius 1 is 1.41 bits per heavy atom. The Hall–Kier alpha value is -2.71. The van der Waals surface area contributed by atoms with E-state index in [-0.39, 0.29) is 18.0 Å². The van der Waals surface area contributed by atoms with E-state index in [2.05, 4.69) is 15.5 Å². The van der Waals surface area contributed by atoms with Crippen molar-refractivity contribution in [1.82, 2.24) is 24.9 Å². The molecule has 0 fully saturated rings. The molecule has 0 atom stereocenters. The third kappa shape index (κ3) is 3.68. The van der Waals surface area contributed by atoms with Crippen molar-refractivity contribution in [2.75, 3.05) is 0 Å². The van der Waals surface area contributed by atoms with Gasteiger partial charge in [0.15, 0.2) is 0 Å². The molecule has 118 valence electrons. The minimum atomic E-state index is -0.482. The summed E-state index contributed by atoms with van der Waals surface area (Å²) in [5.41, 5.74) is 1.34. The third-order valence-corrected chi connectivity index (χ3v) is 3.33. The average Bonchev–Trinajstić information content (AvgIpc) is 3.09. The van der Waals surface area contributed by atoms with Crippen LogP contribution in [0.4, 0.5) is 5.69 Å². The van der Waals surface area contributed by atoms with Crippen LogP contribution in [0.3, 0.4) is 0 Å². The zero-order chi connectivity index (χ0) is 16.1. The Bertz CT molecular complexity index is 675. The predicted octanol–water partition coefficient (Wildman–Crippen LogP) is 1.02. The van der Waals surface area contributed by atoms with Crippen LogP contribution in [0.5, 0.6) is 0 Å². The highest BCUT2D eigenvalue weighted by molar-refractivity contribution is 5.75. The molecular weight excluding hydrogens is 288 g/mol. The van der Waals surface area contributed by atoms with Crippen LogP contribution in [0.15, 0.2) is 18.6 Å². The molecule has 9 heteroatoms. The molecule has 0 aliphatic heterocycles. The Labute approximate surface area is 127 Å². The number of rotatable bonds is 7. The fourth-order valence-electron chi connectivity index (χ4n) is 2.01. The van der Waals surface area contributed by atoms with E-state index >= 15 is 0 Å². The first-order valence-corrected chi connectivity index (χ1v) is 6.96. The van der Waals surface area contributed by atoms with Gasteiger partial charge in [0.25, 0.3) is 0 Å². The molecule has 2 aromatic rings. The summed E-state index contributed by atoms with van der Waals surface area (Å²) in [5, 5.41) is 21.6. The highest BCUT2D eigenvalue weighted by Crippen LogP contribution is 2.16. The zero-order valence-electron chi connectivity index (χ0n) is 12.5. The molecule has 1 N–H and O–H groups in total. The summed E-state index contributed by atoms with van der Waals surface area (Å²) in [4.78, 5) is 22.0. The summed E-state index contributed by atoms with van der Waals surface area (Å²) in [7, 11) is 0. The number of nitro groups is 1. The lowest BCUT2D eigenvalue weighted by atomic mass is 10.3. The van der Waals surface area contributed by atoms with E-state index in [4.69, 9.17) is 0 Å². The van der Waals surface area contributed by atoms with E-state index in [0.717, 1.165) is 12.1 Å². The standard InChI is InChI=1S/C13H18N6O3/c1-3-17-9-11(7-15-17)6-14-13(20)4-5-18-10(2)12(8-16-18)19(21)22/h7-9H,3-6H2,1-2H3,(H,14,20). The molecule has 22 heavy (non-hydrogen) atoms. The van der Waals surface area contributed by atoms with Gasteiger partial charge in [-0.05, 0) is 13.8 Å². The summed E-state index contributed by atoms with van der Waals surface area (Å²) in [6.45, 7) is 5.10. The van der Waals surface area contributed by atoms with Crippen LogP contribution in [0, 0.1) is 17.0 Å². The number of hydrogen-bond acceptors (Lipinski definition) is 5. The minimum Gasteiger partial charge on any atom is -0.352 e. The topological polar surface area (TPSA) is 108 Å². The number of hydrogen-bond donors (Lipinski definition) is 1. The Kier molecular flexibility index (Phi) is 4.87. The van der Waals surface area contributed by atoms with Crippen molar-refractivity contribution in [2.24, 2.45) is 0 Å². The SMILES string of the molecule is CCn1cc(CNC(=O)CCn2ncc([N+](=O)[O-])c2C)cn1. The third-order valence-electron chi connectivity index (χ3n) is 3.33.